The van der Waals surface area contributed by atoms with Gasteiger partial charge in [0.1, 0.15) is 6.07 Å². The Hall–Kier alpha value is -1.63. The molecule has 0 aliphatic heterocycles. The van der Waals surface area contributed by atoms with E-state index in [2.05, 4.69) is 23.8 Å². The van der Waals surface area contributed by atoms with Crippen molar-refractivity contribution in [3.8, 4) is 11.9 Å². The minimum Gasteiger partial charge on any atom is -0.476 e. The minimum absolute atomic E-state index is 0.247. The van der Waals surface area contributed by atoms with E-state index < -0.39 is 0 Å². The number of nitrogens with zero attached hydrogens (tertiary/aromatic N) is 3. The van der Waals surface area contributed by atoms with Crippen LogP contribution in [-0.2, 0) is 0 Å². The number of ether oxygens (including phenoxy) is 1. The molecule has 0 unspecified atom stereocenters. The van der Waals surface area contributed by atoms with Crippen LogP contribution in [0.15, 0.2) is 12.4 Å². The summed E-state index contributed by atoms with van der Waals surface area (Å²) in [5.74, 6) is 0.910. The van der Waals surface area contributed by atoms with Crippen LogP contribution in [0, 0.1) is 17.2 Å². The van der Waals surface area contributed by atoms with Gasteiger partial charge in [0, 0.05) is 12.4 Å². The summed E-state index contributed by atoms with van der Waals surface area (Å²) in [4.78, 5) is 7.79. The van der Waals surface area contributed by atoms with Gasteiger partial charge in [0.05, 0.1) is 6.61 Å². The Kier molecular flexibility index (Phi) is 3.86. The van der Waals surface area contributed by atoms with Crippen LogP contribution in [0.4, 0.5) is 0 Å². The molecule has 1 rings (SSSR count). The van der Waals surface area contributed by atoms with E-state index in [-0.39, 0.29) is 5.69 Å². The van der Waals surface area contributed by atoms with E-state index in [0.29, 0.717) is 18.4 Å². The molecular weight excluding hydrogens is 178 g/mol. The number of nitriles is 1. The van der Waals surface area contributed by atoms with Crippen LogP contribution in [0.5, 0.6) is 5.88 Å². The van der Waals surface area contributed by atoms with Crippen LogP contribution in [0.2, 0.25) is 0 Å². The minimum atomic E-state index is 0.247. The Morgan fingerprint density at radius 1 is 1.43 bits per heavy atom. The second kappa shape index (κ2) is 5.18. The molecule has 0 aliphatic carbocycles. The van der Waals surface area contributed by atoms with E-state index in [0.717, 1.165) is 6.42 Å². The van der Waals surface area contributed by atoms with E-state index >= 15 is 0 Å². The quantitative estimate of drug-likeness (QED) is 0.727. The molecule has 1 aromatic rings. The average molecular weight is 191 g/mol. The molecule has 0 spiro atoms. The molecule has 0 amide bonds. The monoisotopic (exact) mass is 191 g/mol. The number of aromatic nitrogens is 2. The molecule has 0 aromatic carbocycles. The van der Waals surface area contributed by atoms with Crippen molar-refractivity contribution in [2.45, 2.75) is 20.3 Å². The van der Waals surface area contributed by atoms with Gasteiger partial charge in [0.15, 0.2) is 0 Å². The first-order chi connectivity index (χ1) is 6.74. The Labute approximate surface area is 83.6 Å². The van der Waals surface area contributed by atoms with E-state index in [1.807, 2.05) is 6.07 Å². The van der Waals surface area contributed by atoms with Gasteiger partial charge in [-0.3, -0.25) is 0 Å². The fourth-order valence-corrected chi connectivity index (χ4v) is 0.899. The summed E-state index contributed by atoms with van der Waals surface area (Å²) >= 11 is 0. The second-order valence-electron chi connectivity index (χ2n) is 3.35. The summed E-state index contributed by atoms with van der Waals surface area (Å²) in [7, 11) is 0. The fraction of sp³-hybridized carbons (Fsp3) is 0.500. The summed E-state index contributed by atoms with van der Waals surface area (Å²) in [5, 5.41) is 8.69. The number of rotatable bonds is 4. The maximum absolute atomic E-state index is 8.69. The van der Waals surface area contributed by atoms with Crippen molar-refractivity contribution in [1.82, 2.24) is 9.97 Å². The molecule has 0 saturated heterocycles. The highest BCUT2D eigenvalue weighted by molar-refractivity contribution is 5.29. The van der Waals surface area contributed by atoms with Crippen LogP contribution in [0.1, 0.15) is 26.0 Å². The van der Waals surface area contributed by atoms with Crippen molar-refractivity contribution in [2.24, 2.45) is 5.92 Å². The number of hydrogen-bond acceptors (Lipinski definition) is 4. The normalized spacial score (nSPS) is 9.86. The summed E-state index contributed by atoms with van der Waals surface area (Å²) < 4.78 is 5.34. The zero-order chi connectivity index (χ0) is 10.4. The first-order valence-electron chi connectivity index (χ1n) is 4.58. The van der Waals surface area contributed by atoms with Gasteiger partial charge in [-0.2, -0.15) is 5.26 Å². The summed E-state index contributed by atoms with van der Waals surface area (Å²) in [6.07, 6.45) is 3.95. The first-order valence-corrected chi connectivity index (χ1v) is 4.58. The van der Waals surface area contributed by atoms with Gasteiger partial charge in [0.25, 0.3) is 5.88 Å². The average Bonchev–Trinajstić information content (AvgIpc) is 2.18. The smallest absolute Gasteiger partial charge is 0.251 e. The summed E-state index contributed by atoms with van der Waals surface area (Å²) in [6, 6.07) is 1.94. The third-order valence-electron chi connectivity index (χ3n) is 1.70. The predicted octanol–water partition coefficient (Wildman–Crippen LogP) is 1.77. The highest BCUT2D eigenvalue weighted by atomic mass is 16.5. The molecule has 0 N–H and O–H groups in total. The molecule has 0 fully saturated rings. The maximum Gasteiger partial charge on any atom is 0.251 e. The van der Waals surface area contributed by atoms with E-state index in [1.165, 1.54) is 12.4 Å². The van der Waals surface area contributed by atoms with Gasteiger partial charge in [0.2, 0.25) is 5.69 Å². The van der Waals surface area contributed by atoms with Crippen molar-refractivity contribution in [3.05, 3.63) is 18.1 Å². The molecule has 0 atom stereocenters. The van der Waals surface area contributed by atoms with Crippen molar-refractivity contribution in [3.63, 3.8) is 0 Å². The SMILES string of the molecule is CC(C)CCOc1nccnc1C#N. The summed E-state index contributed by atoms with van der Waals surface area (Å²) in [5.41, 5.74) is 0.247. The Balaban J connectivity index is 2.54. The molecule has 0 saturated carbocycles. The molecule has 1 heterocycles. The lowest BCUT2D eigenvalue weighted by molar-refractivity contribution is 0.277. The zero-order valence-electron chi connectivity index (χ0n) is 8.40. The van der Waals surface area contributed by atoms with Crippen LogP contribution in [0.25, 0.3) is 0 Å². The van der Waals surface area contributed by atoms with Crippen LogP contribution < -0.4 is 4.74 Å². The lowest BCUT2D eigenvalue weighted by Crippen LogP contribution is -2.04. The van der Waals surface area contributed by atoms with E-state index in [1.54, 1.807) is 0 Å². The van der Waals surface area contributed by atoms with Gasteiger partial charge >= 0.3 is 0 Å². The topological polar surface area (TPSA) is 58.8 Å². The van der Waals surface area contributed by atoms with Gasteiger partial charge < -0.3 is 4.74 Å². The van der Waals surface area contributed by atoms with Crippen LogP contribution >= 0.6 is 0 Å². The van der Waals surface area contributed by atoms with Gasteiger partial charge in [-0.05, 0) is 12.3 Å². The molecule has 1 aromatic heterocycles. The van der Waals surface area contributed by atoms with Gasteiger partial charge in [-0.25, -0.2) is 9.97 Å². The lowest BCUT2D eigenvalue weighted by atomic mass is 10.1. The molecule has 4 heteroatoms. The second-order valence-corrected chi connectivity index (χ2v) is 3.35. The van der Waals surface area contributed by atoms with E-state index in [9.17, 15) is 0 Å². The molecule has 0 aliphatic rings. The molecule has 0 radical (unpaired) electrons. The Morgan fingerprint density at radius 2 is 2.14 bits per heavy atom. The van der Waals surface area contributed by atoms with Crippen molar-refractivity contribution < 1.29 is 4.74 Å². The largest absolute Gasteiger partial charge is 0.476 e. The molecule has 0 bridgehead atoms. The third-order valence-corrected chi connectivity index (χ3v) is 1.70. The first kappa shape index (κ1) is 10.5. The van der Waals surface area contributed by atoms with Crippen molar-refractivity contribution >= 4 is 0 Å². The summed E-state index contributed by atoms with van der Waals surface area (Å²) in [6.45, 7) is 4.81. The van der Waals surface area contributed by atoms with Gasteiger partial charge in [-0.1, -0.05) is 13.8 Å². The third kappa shape index (κ3) is 3.02. The number of hydrogen-bond donors (Lipinski definition) is 0. The van der Waals surface area contributed by atoms with Crippen molar-refractivity contribution in [2.75, 3.05) is 6.61 Å². The predicted molar refractivity (Wildman–Crippen MR) is 51.7 cm³/mol. The molecule has 74 valence electrons. The Bertz CT molecular complexity index is 330. The van der Waals surface area contributed by atoms with Crippen LogP contribution in [-0.4, -0.2) is 16.6 Å². The van der Waals surface area contributed by atoms with E-state index in [4.69, 9.17) is 10.00 Å². The van der Waals surface area contributed by atoms with Crippen molar-refractivity contribution in [1.29, 1.82) is 5.26 Å². The highest BCUT2D eigenvalue weighted by Crippen LogP contribution is 2.10. The fourth-order valence-electron chi connectivity index (χ4n) is 0.899. The maximum atomic E-state index is 8.69. The highest BCUT2D eigenvalue weighted by Gasteiger charge is 2.04. The van der Waals surface area contributed by atoms with Gasteiger partial charge in [-0.15, -0.1) is 0 Å². The van der Waals surface area contributed by atoms with Crippen LogP contribution in [0.3, 0.4) is 0 Å². The lowest BCUT2D eigenvalue weighted by Gasteiger charge is -2.06. The molecular formula is C10H13N3O. The zero-order valence-corrected chi connectivity index (χ0v) is 8.40. The Morgan fingerprint density at radius 3 is 2.79 bits per heavy atom. The standard InChI is InChI=1S/C10H13N3O/c1-8(2)3-6-14-10-9(7-11)12-4-5-13-10/h4-5,8H,3,6H2,1-2H3. The molecule has 4 nitrogen and oxygen atoms in total. The molecule has 14 heavy (non-hydrogen) atoms.